The minimum absolute atomic E-state index is 0.311. The second-order valence-corrected chi connectivity index (χ2v) is 11.4. The Morgan fingerprint density at radius 3 is 2.47 bits per heavy atom. The quantitative estimate of drug-likeness (QED) is 0.362. The van der Waals surface area contributed by atoms with Crippen LogP contribution in [-0.2, 0) is 10.0 Å². The molecular weight excluding hydrogens is 470 g/mol. The molecule has 36 heavy (non-hydrogen) atoms. The number of benzene rings is 3. The Hall–Kier alpha value is -3.33. The Morgan fingerprint density at radius 2 is 1.67 bits per heavy atom. The topological polar surface area (TPSA) is 69.6 Å². The molecule has 0 radical (unpaired) electrons. The van der Waals surface area contributed by atoms with Crippen molar-refractivity contribution in [2.75, 3.05) is 45.2 Å². The number of aromatic nitrogens is 2. The molecule has 1 atom stereocenters. The molecule has 1 aromatic heterocycles. The molecule has 0 spiro atoms. The van der Waals surface area contributed by atoms with Crippen LogP contribution in [0.25, 0.3) is 22.0 Å². The van der Waals surface area contributed by atoms with Crippen molar-refractivity contribution in [3.05, 3.63) is 85.1 Å². The van der Waals surface area contributed by atoms with E-state index in [1.54, 1.807) is 31.3 Å². The molecular formula is C28H31N5O2S. The normalized spacial score (nSPS) is 16.3. The Balaban J connectivity index is 1.22. The standard InChI is InChI=1S/C28H31N5O2S/c1-31(18-19-32(2)36(34,35)26-10-4-3-5-11-26)25-15-17-33(21-25)28-29-16-14-27(30-28)24-13-12-22-8-6-7-9-23(22)20-24/h3-14,16,20,25H,15,17-19,21H2,1-2H3. The zero-order chi connectivity index (χ0) is 25.1. The fraction of sp³-hybridized carbons (Fsp3) is 0.286. The van der Waals surface area contributed by atoms with Gasteiger partial charge in [-0.25, -0.2) is 18.4 Å². The molecule has 0 bridgehead atoms. The maximum atomic E-state index is 12.8. The van der Waals surface area contributed by atoms with Gasteiger partial charge in [0.25, 0.3) is 0 Å². The second-order valence-electron chi connectivity index (χ2n) is 9.31. The van der Waals surface area contributed by atoms with E-state index in [2.05, 4.69) is 52.2 Å². The lowest BCUT2D eigenvalue weighted by Gasteiger charge is -2.27. The van der Waals surface area contributed by atoms with Gasteiger partial charge in [-0.15, -0.1) is 0 Å². The third-order valence-corrected chi connectivity index (χ3v) is 8.85. The number of likely N-dealkylation sites (N-methyl/N-ethyl adjacent to an activating group) is 2. The molecule has 1 aliphatic rings. The van der Waals surface area contributed by atoms with Gasteiger partial charge in [-0.3, -0.25) is 0 Å². The Labute approximate surface area is 213 Å². The molecule has 1 saturated heterocycles. The molecule has 4 aromatic rings. The van der Waals surface area contributed by atoms with Crippen LogP contribution in [0.3, 0.4) is 0 Å². The SMILES string of the molecule is CN(CCN(C)S(=O)(=O)c1ccccc1)C1CCN(c2nccc(-c3ccc4ccccc4c3)n2)C1. The Kier molecular flexibility index (Phi) is 7.00. The average molecular weight is 502 g/mol. The van der Waals surface area contributed by atoms with Gasteiger partial charge in [0.1, 0.15) is 0 Å². The lowest BCUT2D eigenvalue weighted by atomic mass is 10.1. The number of hydrogen-bond donors (Lipinski definition) is 0. The van der Waals surface area contributed by atoms with Crippen molar-refractivity contribution in [1.82, 2.24) is 19.2 Å². The highest BCUT2D eigenvalue weighted by molar-refractivity contribution is 7.89. The van der Waals surface area contributed by atoms with Gasteiger partial charge in [0, 0.05) is 51.0 Å². The van der Waals surface area contributed by atoms with Crippen molar-refractivity contribution < 1.29 is 8.42 Å². The van der Waals surface area contributed by atoms with Crippen molar-refractivity contribution in [2.24, 2.45) is 0 Å². The van der Waals surface area contributed by atoms with Crippen molar-refractivity contribution in [1.29, 1.82) is 0 Å². The summed E-state index contributed by atoms with van der Waals surface area (Å²) in [5.74, 6) is 0.736. The van der Waals surface area contributed by atoms with Crippen molar-refractivity contribution in [3.8, 4) is 11.3 Å². The Morgan fingerprint density at radius 1 is 0.917 bits per heavy atom. The maximum absolute atomic E-state index is 12.8. The molecule has 0 N–H and O–H groups in total. The minimum atomic E-state index is -3.48. The summed E-state index contributed by atoms with van der Waals surface area (Å²) in [6.45, 7) is 2.76. The van der Waals surface area contributed by atoms with Crippen LogP contribution in [0.4, 0.5) is 5.95 Å². The number of nitrogens with zero attached hydrogens (tertiary/aromatic N) is 5. The molecule has 5 rings (SSSR count). The molecule has 0 amide bonds. The first kappa shape index (κ1) is 24.4. The van der Waals surface area contributed by atoms with Gasteiger partial charge in [-0.2, -0.15) is 4.31 Å². The maximum Gasteiger partial charge on any atom is 0.242 e. The van der Waals surface area contributed by atoms with E-state index >= 15 is 0 Å². The summed E-state index contributed by atoms with van der Waals surface area (Å²) in [7, 11) is 0.220. The van der Waals surface area contributed by atoms with E-state index in [0.29, 0.717) is 24.0 Å². The summed E-state index contributed by atoms with van der Waals surface area (Å²) >= 11 is 0. The predicted molar refractivity (Wildman–Crippen MR) is 144 cm³/mol. The third-order valence-electron chi connectivity index (χ3n) is 6.98. The third kappa shape index (κ3) is 5.11. The summed E-state index contributed by atoms with van der Waals surface area (Å²) in [5.41, 5.74) is 1.99. The van der Waals surface area contributed by atoms with Crippen molar-refractivity contribution in [3.63, 3.8) is 0 Å². The summed E-state index contributed by atoms with van der Waals surface area (Å²) in [6.07, 6.45) is 2.81. The average Bonchev–Trinajstić information content (AvgIpc) is 3.42. The van der Waals surface area contributed by atoms with Gasteiger partial charge >= 0.3 is 0 Å². The summed E-state index contributed by atoms with van der Waals surface area (Å²) in [4.78, 5) is 14.2. The lowest BCUT2D eigenvalue weighted by molar-refractivity contribution is 0.244. The van der Waals surface area contributed by atoms with Crippen LogP contribution in [0.1, 0.15) is 6.42 Å². The second kappa shape index (κ2) is 10.3. The number of anilines is 1. The molecule has 186 valence electrons. The summed E-state index contributed by atoms with van der Waals surface area (Å²) < 4.78 is 27.0. The number of sulfonamides is 1. The first-order chi connectivity index (χ1) is 17.4. The smallest absolute Gasteiger partial charge is 0.242 e. The monoisotopic (exact) mass is 501 g/mol. The van der Waals surface area contributed by atoms with Gasteiger partial charge in [0.15, 0.2) is 0 Å². The largest absolute Gasteiger partial charge is 0.339 e. The lowest BCUT2D eigenvalue weighted by Crippen LogP contribution is -2.40. The fourth-order valence-corrected chi connectivity index (χ4v) is 5.85. The molecule has 1 unspecified atom stereocenters. The highest BCUT2D eigenvalue weighted by Crippen LogP contribution is 2.26. The van der Waals surface area contributed by atoms with Crippen LogP contribution >= 0.6 is 0 Å². The van der Waals surface area contributed by atoms with E-state index in [9.17, 15) is 8.42 Å². The van der Waals surface area contributed by atoms with E-state index in [-0.39, 0.29) is 0 Å². The zero-order valence-electron chi connectivity index (χ0n) is 20.7. The van der Waals surface area contributed by atoms with Gasteiger partial charge in [0.2, 0.25) is 16.0 Å². The zero-order valence-corrected chi connectivity index (χ0v) is 21.5. The van der Waals surface area contributed by atoms with Crippen LogP contribution in [-0.4, -0.2) is 73.9 Å². The van der Waals surface area contributed by atoms with Gasteiger partial charge in [-0.1, -0.05) is 54.6 Å². The van der Waals surface area contributed by atoms with Crippen molar-refractivity contribution in [2.45, 2.75) is 17.4 Å². The number of hydrogen-bond acceptors (Lipinski definition) is 6. The number of fused-ring (bicyclic) bond motifs is 1. The molecule has 1 aliphatic heterocycles. The first-order valence-corrected chi connectivity index (χ1v) is 13.6. The van der Waals surface area contributed by atoms with Crippen molar-refractivity contribution >= 4 is 26.7 Å². The van der Waals surface area contributed by atoms with Gasteiger partial charge < -0.3 is 9.80 Å². The van der Waals surface area contributed by atoms with Crippen LogP contribution in [0.2, 0.25) is 0 Å². The predicted octanol–water partition coefficient (Wildman–Crippen LogP) is 4.13. The molecule has 2 heterocycles. The van der Waals surface area contributed by atoms with Gasteiger partial charge in [-0.05, 0) is 48.5 Å². The van der Waals surface area contributed by atoms with E-state index in [0.717, 1.165) is 36.7 Å². The molecule has 0 aliphatic carbocycles. The van der Waals surface area contributed by atoms with Gasteiger partial charge in [0.05, 0.1) is 10.6 Å². The fourth-order valence-electron chi connectivity index (χ4n) is 4.67. The van der Waals surface area contributed by atoms with E-state index in [1.165, 1.54) is 15.1 Å². The van der Waals surface area contributed by atoms with Crippen LogP contribution < -0.4 is 4.90 Å². The summed E-state index contributed by atoms with van der Waals surface area (Å²) in [5, 5.41) is 2.40. The molecule has 0 saturated carbocycles. The van der Waals surface area contributed by atoms with Crippen LogP contribution in [0, 0.1) is 0 Å². The van der Waals surface area contributed by atoms with E-state index in [1.807, 2.05) is 30.5 Å². The summed E-state index contributed by atoms with van der Waals surface area (Å²) in [6, 6.07) is 25.6. The van der Waals surface area contributed by atoms with Crippen LogP contribution in [0.5, 0.6) is 0 Å². The molecule has 1 fully saturated rings. The van der Waals surface area contributed by atoms with E-state index < -0.39 is 10.0 Å². The highest BCUT2D eigenvalue weighted by atomic mass is 32.2. The Bertz CT molecular complexity index is 1440. The van der Waals surface area contributed by atoms with E-state index in [4.69, 9.17) is 4.98 Å². The molecule has 8 heteroatoms. The van der Waals surface area contributed by atoms with Crippen LogP contribution in [0.15, 0.2) is 90.0 Å². The highest BCUT2D eigenvalue weighted by Gasteiger charge is 2.28. The number of rotatable bonds is 8. The molecule has 3 aromatic carbocycles. The molecule has 7 nitrogen and oxygen atoms in total. The minimum Gasteiger partial charge on any atom is -0.339 e. The first-order valence-electron chi connectivity index (χ1n) is 12.2.